The van der Waals surface area contributed by atoms with Crippen LogP contribution in [0, 0.1) is 0 Å². The highest BCUT2D eigenvalue weighted by Crippen LogP contribution is 1.93. The topological polar surface area (TPSA) is 113 Å². The van der Waals surface area contributed by atoms with Crippen LogP contribution in [0.2, 0.25) is 0 Å². The zero-order chi connectivity index (χ0) is 10.4. The van der Waals surface area contributed by atoms with Crippen molar-refractivity contribution in [3.05, 3.63) is 0 Å². The molecule has 0 aliphatic carbocycles. The highest BCUT2D eigenvalue weighted by Gasteiger charge is 2.22. The molecule has 1 atom stereocenters. The number of carbonyl (C=O) groups is 3. The lowest BCUT2D eigenvalue weighted by atomic mass is 10.2. The number of carboxylic acid groups (broad SMARTS) is 2. The second kappa shape index (κ2) is 4.96. The van der Waals surface area contributed by atoms with Crippen molar-refractivity contribution in [3.63, 3.8) is 0 Å². The van der Waals surface area contributed by atoms with Crippen LogP contribution in [0.15, 0.2) is 0 Å². The Labute approximate surface area is 73.3 Å². The summed E-state index contributed by atoms with van der Waals surface area (Å²) in [6.07, 6.45) is -1.67. The largest absolute Gasteiger partial charge is 0.481 e. The van der Waals surface area contributed by atoms with Crippen molar-refractivity contribution in [1.82, 2.24) is 5.32 Å². The molecular formula is C6H9NO6. The number of methoxy groups -OCH3 is 1. The molecular weight excluding hydrogens is 182 g/mol. The van der Waals surface area contributed by atoms with Gasteiger partial charge < -0.3 is 20.3 Å². The minimum atomic E-state index is -1.47. The van der Waals surface area contributed by atoms with Crippen LogP contribution in [-0.2, 0) is 14.3 Å². The van der Waals surface area contributed by atoms with Crippen LogP contribution in [0.25, 0.3) is 0 Å². The molecule has 0 saturated carbocycles. The first-order valence-corrected chi connectivity index (χ1v) is 3.26. The second-order valence-corrected chi connectivity index (χ2v) is 2.12. The number of hydrogen-bond donors (Lipinski definition) is 3. The van der Waals surface area contributed by atoms with Gasteiger partial charge in [-0.2, -0.15) is 0 Å². The number of rotatable bonds is 4. The lowest BCUT2D eigenvalue weighted by molar-refractivity contribution is -0.145. The van der Waals surface area contributed by atoms with Crippen LogP contribution in [0.1, 0.15) is 6.42 Å². The van der Waals surface area contributed by atoms with Gasteiger partial charge in [0.15, 0.2) is 0 Å². The minimum absolute atomic E-state index is 0.690. The monoisotopic (exact) mass is 191 g/mol. The van der Waals surface area contributed by atoms with Gasteiger partial charge in [-0.3, -0.25) is 4.79 Å². The Hall–Kier alpha value is -1.79. The number of nitrogens with one attached hydrogen (secondary N) is 1. The van der Waals surface area contributed by atoms with Gasteiger partial charge in [-0.15, -0.1) is 0 Å². The molecule has 0 aliphatic heterocycles. The highest BCUT2D eigenvalue weighted by atomic mass is 16.5. The van der Waals surface area contributed by atoms with Crippen molar-refractivity contribution >= 4 is 18.0 Å². The fourth-order valence-electron chi connectivity index (χ4n) is 0.576. The van der Waals surface area contributed by atoms with Crippen molar-refractivity contribution in [3.8, 4) is 0 Å². The molecule has 7 nitrogen and oxygen atoms in total. The molecule has 0 spiro atoms. The van der Waals surface area contributed by atoms with Gasteiger partial charge in [0.25, 0.3) is 0 Å². The average Bonchev–Trinajstić information content (AvgIpc) is 2.02. The van der Waals surface area contributed by atoms with E-state index in [-0.39, 0.29) is 0 Å². The van der Waals surface area contributed by atoms with Crippen LogP contribution < -0.4 is 5.32 Å². The lowest BCUT2D eigenvalue weighted by Gasteiger charge is -2.10. The summed E-state index contributed by atoms with van der Waals surface area (Å²) < 4.78 is 4.11. The molecule has 0 aromatic carbocycles. The molecule has 7 heteroatoms. The van der Waals surface area contributed by atoms with E-state index < -0.39 is 30.5 Å². The summed E-state index contributed by atoms with van der Waals surface area (Å²) in [7, 11) is 1.05. The first-order chi connectivity index (χ1) is 5.97. The van der Waals surface area contributed by atoms with Crippen molar-refractivity contribution in [2.75, 3.05) is 7.11 Å². The summed E-state index contributed by atoms with van der Waals surface area (Å²) in [5.41, 5.74) is 0. The van der Waals surface area contributed by atoms with Crippen LogP contribution >= 0.6 is 0 Å². The van der Waals surface area contributed by atoms with Crippen molar-refractivity contribution in [1.29, 1.82) is 0 Å². The third-order valence-electron chi connectivity index (χ3n) is 1.15. The normalized spacial score (nSPS) is 11.5. The van der Waals surface area contributed by atoms with E-state index >= 15 is 0 Å². The maximum absolute atomic E-state index is 10.5. The number of ether oxygens (including phenoxy) is 1. The highest BCUT2D eigenvalue weighted by molar-refractivity contribution is 5.84. The van der Waals surface area contributed by atoms with Gasteiger partial charge in [-0.1, -0.05) is 0 Å². The van der Waals surface area contributed by atoms with Crippen LogP contribution in [0.5, 0.6) is 0 Å². The fourth-order valence-corrected chi connectivity index (χ4v) is 0.576. The summed E-state index contributed by atoms with van der Waals surface area (Å²) in [5, 5.41) is 18.6. The molecule has 0 saturated heterocycles. The van der Waals surface area contributed by atoms with E-state index in [1.807, 2.05) is 5.32 Å². The average molecular weight is 191 g/mol. The van der Waals surface area contributed by atoms with Gasteiger partial charge in [-0.05, 0) is 0 Å². The second-order valence-electron chi connectivity index (χ2n) is 2.12. The van der Waals surface area contributed by atoms with Gasteiger partial charge in [0.1, 0.15) is 6.04 Å². The molecule has 0 fully saturated rings. The van der Waals surface area contributed by atoms with E-state index in [0.717, 1.165) is 7.11 Å². The molecule has 13 heavy (non-hydrogen) atoms. The Kier molecular flexibility index (Phi) is 4.28. The van der Waals surface area contributed by atoms with Gasteiger partial charge in [0, 0.05) is 0 Å². The molecule has 0 heterocycles. The molecule has 0 rings (SSSR count). The number of carboxylic acids is 2. The van der Waals surface area contributed by atoms with E-state index in [1.165, 1.54) is 0 Å². The molecule has 74 valence electrons. The molecule has 3 N–H and O–H groups in total. The summed E-state index contributed by atoms with van der Waals surface area (Å²) in [4.78, 5) is 31.0. The Balaban J connectivity index is 4.18. The quantitative estimate of drug-likeness (QED) is 0.540. The van der Waals surface area contributed by atoms with Crippen molar-refractivity contribution in [2.24, 2.45) is 0 Å². The van der Waals surface area contributed by atoms with Crippen LogP contribution in [0.3, 0.4) is 0 Å². The van der Waals surface area contributed by atoms with Gasteiger partial charge in [0.05, 0.1) is 13.5 Å². The van der Waals surface area contributed by atoms with E-state index in [0.29, 0.717) is 0 Å². The smallest absolute Gasteiger partial charge is 0.407 e. The van der Waals surface area contributed by atoms with E-state index in [9.17, 15) is 14.4 Å². The van der Waals surface area contributed by atoms with Crippen LogP contribution in [-0.4, -0.2) is 41.4 Å². The Morgan fingerprint density at radius 3 is 2.23 bits per heavy atom. The number of aliphatic carboxylic acids is 2. The van der Waals surface area contributed by atoms with Crippen molar-refractivity contribution < 1.29 is 29.3 Å². The van der Waals surface area contributed by atoms with Crippen LogP contribution in [0.4, 0.5) is 4.79 Å². The zero-order valence-electron chi connectivity index (χ0n) is 6.81. The number of hydrogen-bond acceptors (Lipinski definition) is 4. The number of carbonyl (C=O) groups excluding carboxylic acids is 1. The fraction of sp³-hybridized carbons (Fsp3) is 0.500. The molecule has 0 aromatic heterocycles. The predicted octanol–water partition coefficient (Wildman–Crippen LogP) is -0.730. The molecule has 1 unspecified atom stereocenters. The maximum Gasteiger partial charge on any atom is 0.407 e. The summed E-state index contributed by atoms with van der Waals surface area (Å²) in [6, 6.07) is -1.47. The van der Waals surface area contributed by atoms with E-state index in [2.05, 4.69) is 4.74 Å². The zero-order valence-corrected chi connectivity index (χ0v) is 6.81. The van der Waals surface area contributed by atoms with Gasteiger partial charge in [0.2, 0.25) is 0 Å². The Morgan fingerprint density at radius 2 is 1.92 bits per heavy atom. The number of amides is 1. The first kappa shape index (κ1) is 11.2. The SMILES string of the molecule is COC(=O)NC(CC(=O)O)C(=O)O. The molecule has 0 aliphatic rings. The third-order valence-corrected chi connectivity index (χ3v) is 1.15. The predicted molar refractivity (Wildman–Crippen MR) is 39.2 cm³/mol. The third kappa shape index (κ3) is 4.62. The molecule has 0 aromatic rings. The van der Waals surface area contributed by atoms with Gasteiger partial charge >= 0.3 is 18.0 Å². The molecule has 1 amide bonds. The molecule has 0 bridgehead atoms. The lowest BCUT2D eigenvalue weighted by Crippen LogP contribution is -2.42. The summed E-state index contributed by atoms with van der Waals surface area (Å²) in [5.74, 6) is -2.74. The standard InChI is InChI=1S/C6H9NO6/c1-13-6(12)7-3(5(10)11)2-4(8)9/h3H,2H2,1H3,(H,7,12)(H,8,9)(H,10,11). The van der Waals surface area contributed by atoms with Crippen molar-refractivity contribution in [2.45, 2.75) is 12.5 Å². The number of alkyl carbamates (subject to hydrolysis) is 1. The van der Waals surface area contributed by atoms with Gasteiger partial charge in [-0.25, -0.2) is 9.59 Å². The van der Waals surface area contributed by atoms with E-state index in [4.69, 9.17) is 10.2 Å². The first-order valence-electron chi connectivity index (χ1n) is 3.26. The van der Waals surface area contributed by atoms with E-state index in [1.54, 1.807) is 0 Å². The Morgan fingerprint density at radius 1 is 1.38 bits per heavy atom. The summed E-state index contributed by atoms with van der Waals surface area (Å²) in [6.45, 7) is 0. The minimum Gasteiger partial charge on any atom is -0.481 e. The Bertz CT molecular complexity index is 225. The molecule has 0 radical (unpaired) electrons. The maximum atomic E-state index is 10.5. The summed E-state index contributed by atoms with van der Waals surface area (Å²) >= 11 is 0.